The summed E-state index contributed by atoms with van der Waals surface area (Å²) in [4.78, 5) is 0. The fourth-order valence-corrected chi connectivity index (χ4v) is 0.656. The third kappa shape index (κ3) is 15.7. The molecule has 0 aliphatic heterocycles. The van der Waals surface area contributed by atoms with Crippen LogP contribution in [0.15, 0.2) is 0 Å². The van der Waals surface area contributed by atoms with Crippen molar-refractivity contribution in [2.24, 2.45) is 0 Å². The molecular weight excluding hydrogens is 213 g/mol. The van der Waals surface area contributed by atoms with Crippen LogP contribution in [0.3, 0.4) is 0 Å². The van der Waals surface area contributed by atoms with E-state index in [0.717, 1.165) is 17.3 Å². The van der Waals surface area contributed by atoms with Gasteiger partial charge < -0.3 is 6.42 Å². The van der Waals surface area contributed by atoms with E-state index >= 15 is 0 Å². The van der Waals surface area contributed by atoms with Crippen molar-refractivity contribution in [1.82, 2.24) is 0 Å². The van der Waals surface area contributed by atoms with E-state index in [1.165, 1.54) is 0 Å². The van der Waals surface area contributed by atoms with E-state index in [0.29, 0.717) is 0 Å². The Balaban J connectivity index is 0. The molecule has 50 valence electrons. The van der Waals surface area contributed by atoms with Crippen molar-refractivity contribution < 1.29 is 17.3 Å². The molecule has 0 amide bonds. The minimum absolute atomic E-state index is 0.847. The van der Waals surface area contributed by atoms with Gasteiger partial charge in [-0.3, -0.25) is 11.8 Å². The van der Waals surface area contributed by atoms with E-state index < -0.39 is 8.07 Å². The maximum absolute atomic E-state index is 6.48. The Hall–Kier alpha value is 0.250. The van der Waals surface area contributed by atoms with Gasteiger partial charge in [-0.1, -0.05) is 19.6 Å². The first-order valence-corrected chi connectivity index (χ1v) is 10.2. The molecule has 10 heavy (non-hydrogen) atoms. The van der Waals surface area contributed by atoms with Crippen molar-refractivity contribution in [3.8, 4) is 17.4 Å². The van der Waals surface area contributed by atoms with Gasteiger partial charge in [0.1, 0.15) is 8.07 Å². The number of hydrogen-bond acceptors (Lipinski definition) is 0. The van der Waals surface area contributed by atoms with Crippen LogP contribution in [0.5, 0.6) is 0 Å². The Bertz CT molecular complexity index is 165. The average Bonchev–Trinajstić information content (AvgIpc) is 1.87. The van der Waals surface area contributed by atoms with E-state index in [9.17, 15) is 0 Å². The fraction of sp³-hybridized carbons (Fsp3) is 0.429. The fourth-order valence-electron chi connectivity index (χ4n) is 0.219. The van der Waals surface area contributed by atoms with Crippen molar-refractivity contribution >= 4 is 17.8 Å². The second-order valence-corrected chi connectivity index (χ2v) is 7.38. The van der Waals surface area contributed by atoms with Crippen LogP contribution in [-0.4, -0.2) is 8.07 Å². The molecule has 0 aliphatic rings. The second kappa shape index (κ2) is 7.36. The number of rotatable bonds is 0. The summed E-state index contributed by atoms with van der Waals surface area (Å²) in [5.41, 5.74) is 2.96. The predicted octanol–water partition coefficient (Wildman–Crippen LogP) is 2.14. The topological polar surface area (TPSA) is 0 Å². The Morgan fingerprint density at radius 2 is 1.70 bits per heavy atom. The molecule has 0 aromatic heterocycles. The zero-order chi connectivity index (χ0) is 8.62. The summed E-state index contributed by atoms with van der Waals surface area (Å²) in [6, 6.07) is 0. The van der Waals surface area contributed by atoms with Gasteiger partial charge in [-0.05, 0) is 0 Å². The number of halogens is 1. The zero-order valence-electron chi connectivity index (χ0n) is 6.59. The van der Waals surface area contributed by atoms with E-state index in [4.69, 9.17) is 16.1 Å². The molecule has 0 aromatic rings. The molecule has 0 bridgehead atoms. The molecule has 0 atom stereocenters. The molecule has 0 fully saturated rings. The molecule has 0 unspecified atom stereocenters. The molecule has 0 radical (unpaired) electrons. The van der Waals surface area contributed by atoms with Crippen molar-refractivity contribution in [2.75, 3.05) is 0 Å². The Labute approximate surface area is 78.5 Å². The van der Waals surface area contributed by atoms with Gasteiger partial charge in [-0.15, -0.1) is 0 Å². The first-order chi connectivity index (χ1) is 4.56. The third-order valence-corrected chi connectivity index (χ3v) is 1.38. The summed E-state index contributed by atoms with van der Waals surface area (Å²) < 4.78 is 0. The van der Waals surface area contributed by atoms with Crippen molar-refractivity contribution in [2.45, 2.75) is 19.6 Å². The van der Waals surface area contributed by atoms with E-state index in [1.807, 2.05) is 5.92 Å². The van der Waals surface area contributed by atoms with Crippen molar-refractivity contribution in [3.05, 3.63) is 6.42 Å². The van der Waals surface area contributed by atoms with Crippen LogP contribution < -0.4 is 0 Å². The molecule has 0 rings (SSSR count). The van der Waals surface area contributed by atoms with Crippen LogP contribution in [0.4, 0.5) is 0 Å². The van der Waals surface area contributed by atoms with E-state index in [2.05, 4.69) is 31.1 Å². The number of hydrogen-bond donors (Lipinski definition) is 0. The first-order valence-electron chi connectivity index (χ1n) is 2.77. The monoisotopic (exact) mass is 220 g/mol. The van der Waals surface area contributed by atoms with E-state index in [1.54, 1.807) is 0 Å². The molecule has 0 N–H and O–H groups in total. The van der Waals surface area contributed by atoms with Gasteiger partial charge in [-0.25, -0.2) is 5.54 Å². The van der Waals surface area contributed by atoms with Crippen LogP contribution >= 0.6 is 9.69 Å². The second-order valence-electron chi connectivity index (χ2n) is 2.62. The van der Waals surface area contributed by atoms with Crippen LogP contribution in [0.2, 0.25) is 19.6 Å². The van der Waals surface area contributed by atoms with Gasteiger partial charge >= 0.3 is 27.0 Å². The summed E-state index contributed by atoms with van der Waals surface area (Å²) in [6.45, 7) is 6.41. The van der Waals surface area contributed by atoms with Crippen LogP contribution in [-0.2, 0) is 17.3 Å². The summed E-state index contributed by atoms with van der Waals surface area (Å²) in [7, 11) is 3.54. The SMILES string of the molecule is [C-]#CC#C[Si](C)(C)C.[Cl][Zn+]. The van der Waals surface area contributed by atoms with Gasteiger partial charge in [-0.2, -0.15) is 0 Å². The average molecular weight is 222 g/mol. The summed E-state index contributed by atoms with van der Waals surface area (Å²) in [5, 5.41) is 0. The van der Waals surface area contributed by atoms with Gasteiger partial charge in [0.15, 0.2) is 0 Å². The molecule has 0 saturated carbocycles. The quantitative estimate of drug-likeness (QED) is 0.334. The zero-order valence-corrected chi connectivity index (χ0v) is 11.3. The minimum atomic E-state index is -1.22. The van der Waals surface area contributed by atoms with Crippen molar-refractivity contribution in [3.63, 3.8) is 0 Å². The molecule has 0 spiro atoms. The summed E-state index contributed by atoms with van der Waals surface area (Å²) >= 11 is 0.847. The normalized spacial score (nSPS) is 7.70. The summed E-state index contributed by atoms with van der Waals surface area (Å²) in [5.74, 6) is 4.56. The van der Waals surface area contributed by atoms with Crippen LogP contribution in [0.25, 0.3) is 0 Å². The first kappa shape index (κ1) is 12.9. The van der Waals surface area contributed by atoms with E-state index in [-0.39, 0.29) is 0 Å². The molecule has 0 nitrogen and oxygen atoms in total. The Morgan fingerprint density at radius 3 is 1.80 bits per heavy atom. The molecular formula is C7H9ClSiZn. The molecule has 0 aliphatic carbocycles. The van der Waals surface area contributed by atoms with Crippen LogP contribution in [0, 0.1) is 23.8 Å². The van der Waals surface area contributed by atoms with Gasteiger partial charge in [0.25, 0.3) is 0 Å². The molecule has 0 saturated heterocycles. The predicted molar refractivity (Wildman–Crippen MR) is 44.1 cm³/mol. The van der Waals surface area contributed by atoms with Crippen molar-refractivity contribution in [1.29, 1.82) is 0 Å². The Morgan fingerprint density at radius 1 is 1.30 bits per heavy atom. The van der Waals surface area contributed by atoms with Gasteiger partial charge in [0.2, 0.25) is 0 Å². The van der Waals surface area contributed by atoms with Gasteiger partial charge in [0, 0.05) is 0 Å². The molecule has 0 heterocycles. The standard InChI is InChI=1S/C7H9Si.ClH.Zn/c1-5-6-7-8(2,3)4;;/h2-4H3;1H;/q-1;;+2/p-1. The third-order valence-electron chi connectivity index (χ3n) is 0.500. The molecule has 0 aromatic carbocycles. The molecule has 3 heteroatoms. The Kier molecular flexibility index (Phi) is 9.48. The summed E-state index contributed by atoms with van der Waals surface area (Å²) in [6.07, 6.45) is 6.48. The maximum atomic E-state index is 6.48. The van der Waals surface area contributed by atoms with Gasteiger partial charge in [0.05, 0.1) is 0 Å². The van der Waals surface area contributed by atoms with Crippen LogP contribution in [0.1, 0.15) is 0 Å².